The number of hydrogen-bond donors (Lipinski definition) is 1. The van der Waals surface area contributed by atoms with Gasteiger partial charge in [-0.3, -0.25) is 4.68 Å². The Kier molecular flexibility index (Phi) is 3.36. The molecular formula is C12H14N4O2. The zero-order chi connectivity index (χ0) is 13.1. The molecule has 94 valence electrons. The van der Waals surface area contributed by atoms with Crippen LogP contribution in [0.1, 0.15) is 29.4 Å². The standard InChI is InChI=1S/C12H14N4O2/c1-3-4-9-8(12(17)18)7-13-11(14-9)10-5-6-16(2)15-10/h5-7H,3-4H2,1-2H3,(H,17,18). The number of carboxylic acid groups (broad SMARTS) is 1. The second-order valence-corrected chi connectivity index (χ2v) is 3.98. The topological polar surface area (TPSA) is 80.9 Å². The third-order valence-corrected chi connectivity index (χ3v) is 2.53. The molecule has 6 heteroatoms. The molecule has 0 fully saturated rings. The first-order valence-corrected chi connectivity index (χ1v) is 5.71. The predicted molar refractivity (Wildman–Crippen MR) is 65.2 cm³/mol. The van der Waals surface area contributed by atoms with Crippen LogP contribution in [0.5, 0.6) is 0 Å². The van der Waals surface area contributed by atoms with Gasteiger partial charge in [0, 0.05) is 19.4 Å². The lowest BCUT2D eigenvalue weighted by Crippen LogP contribution is -2.07. The number of aromatic carboxylic acids is 1. The Hall–Kier alpha value is -2.24. The van der Waals surface area contributed by atoms with Crippen molar-refractivity contribution in [2.75, 3.05) is 0 Å². The number of carbonyl (C=O) groups is 1. The normalized spacial score (nSPS) is 10.6. The highest BCUT2D eigenvalue weighted by atomic mass is 16.4. The summed E-state index contributed by atoms with van der Waals surface area (Å²) in [5, 5.41) is 13.3. The second kappa shape index (κ2) is 4.95. The Morgan fingerprint density at radius 1 is 1.50 bits per heavy atom. The first-order valence-electron chi connectivity index (χ1n) is 5.71. The molecule has 0 radical (unpaired) electrons. The lowest BCUT2D eigenvalue weighted by atomic mass is 10.1. The fourth-order valence-corrected chi connectivity index (χ4v) is 1.68. The van der Waals surface area contributed by atoms with Crippen molar-refractivity contribution in [2.45, 2.75) is 19.8 Å². The van der Waals surface area contributed by atoms with Gasteiger partial charge in [-0.1, -0.05) is 13.3 Å². The van der Waals surface area contributed by atoms with E-state index in [9.17, 15) is 4.79 Å². The van der Waals surface area contributed by atoms with Crippen molar-refractivity contribution in [3.63, 3.8) is 0 Å². The summed E-state index contributed by atoms with van der Waals surface area (Å²) >= 11 is 0. The van der Waals surface area contributed by atoms with Gasteiger partial charge in [0.05, 0.1) is 11.3 Å². The van der Waals surface area contributed by atoms with Crippen molar-refractivity contribution in [1.29, 1.82) is 0 Å². The van der Waals surface area contributed by atoms with Crippen LogP contribution in [0, 0.1) is 0 Å². The fourth-order valence-electron chi connectivity index (χ4n) is 1.68. The lowest BCUT2D eigenvalue weighted by molar-refractivity contribution is 0.0694. The quantitative estimate of drug-likeness (QED) is 0.884. The summed E-state index contributed by atoms with van der Waals surface area (Å²) in [7, 11) is 1.81. The Balaban J connectivity index is 2.45. The van der Waals surface area contributed by atoms with Crippen LogP contribution in [0.25, 0.3) is 11.5 Å². The molecule has 0 saturated heterocycles. The van der Waals surface area contributed by atoms with E-state index >= 15 is 0 Å². The monoisotopic (exact) mass is 246 g/mol. The molecule has 2 aromatic rings. The summed E-state index contributed by atoms with van der Waals surface area (Å²) in [4.78, 5) is 19.4. The van der Waals surface area contributed by atoms with Gasteiger partial charge in [0.2, 0.25) is 0 Å². The first kappa shape index (κ1) is 12.2. The molecule has 0 bridgehead atoms. The van der Waals surface area contributed by atoms with Crippen LogP contribution >= 0.6 is 0 Å². The van der Waals surface area contributed by atoms with Gasteiger partial charge in [0.15, 0.2) is 5.82 Å². The van der Waals surface area contributed by atoms with Crippen LogP contribution in [0.2, 0.25) is 0 Å². The van der Waals surface area contributed by atoms with E-state index in [2.05, 4.69) is 15.1 Å². The maximum Gasteiger partial charge on any atom is 0.339 e. The summed E-state index contributed by atoms with van der Waals surface area (Å²) in [6, 6.07) is 1.80. The number of carboxylic acids is 1. The molecule has 0 aliphatic heterocycles. The average Bonchev–Trinajstić information content (AvgIpc) is 2.76. The largest absolute Gasteiger partial charge is 0.478 e. The third kappa shape index (κ3) is 2.37. The van der Waals surface area contributed by atoms with Crippen LogP contribution < -0.4 is 0 Å². The molecule has 0 atom stereocenters. The molecular weight excluding hydrogens is 232 g/mol. The maximum atomic E-state index is 11.0. The lowest BCUT2D eigenvalue weighted by Gasteiger charge is -2.04. The summed E-state index contributed by atoms with van der Waals surface area (Å²) in [5.74, 6) is -0.532. The van der Waals surface area contributed by atoms with E-state index in [0.29, 0.717) is 23.6 Å². The van der Waals surface area contributed by atoms with Gasteiger partial charge in [-0.2, -0.15) is 5.10 Å². The van der Waals surface area contributed by atoms with Gasteiger partial charge in [0.1, 0.15) is 5.69 Å². The van der Waals surface area contributed by atoms with E-state index in [1.807, 2.05) is 14.0 Å². The number of nitrogens with zero attached hydrogens (tertiary/aromatic N) is 4. The van der Waals surface area contributed by atoms with Crippen LogP contribution in [0.3, 0.4) is 0 Å². The molecule has 18 heavy (non-hydrogen) atoms. The van der Waals surface area contributed by atoms with E-state index in [0.717, 1.165) is 6.42 Å². The van der Waals surface area contributed by atoms with Gasteiger partial charge in [0.25, 0.3) is 0 Å². The van der Waals surface area contributed by atoms with Gasteiger partial charge >= 0.3 is 5.97 Å². The van der Waals surface area contributed by atoms with E-state index in [4.69, 9.17) is 5.11 Å². The van der Waals surface area contributed by atoms with E-state index in [-0.39, 0.29) is 5.56 Å². The minimum atomic E-state index is -0.994. The minimum Gasteiger partial charge on any atom is -0.478 e. The molecule has 0 aromatic carbocycles. The van der Waals surface area contributed by atoms with Gasteiger partial charge in [-0.15, -0.1) is 0 Å². The van der Waals surface area contributed by atoms with Crippen molar-refractivity contribution in [2.24, 2.45) is 7.05 Å². The van der Waals surface area contributed by atoms with Crippen LogP contribution in [0.4, 0.5) is 0 Å². The van der Waals surface area contributed by atoms with E-state index < -0.39 is 5.97 Å². The highest BCUT2D eigenvalue weighted by molar-refractivity contribution is 5.88. The van der Waals surface area contributed by atoms with Gasteiger partial charge in [-0.25, -0.2) is 14.8 Å². The van der Waals surface area contributed by atoms with Crippen molar-refractivity contribution in [1.82, 2.24) is 19.7 Å². The highest BCUT2D eigenvalue weighted by Gasteiger charge is 2.14. The molecule has 2 heterocycles. The zero-order valence-corrected chi connectivity index (χ0v) is 10.3. The molecule has 0 saturated carbocycles. The Labute approximate surface area is 104 Å². The molecule has 6 nitrogen and oxygen atoms in total. The maximum absolute atomic E-state index is 11.0. The zero-order valence-electron chi connectivity index (χ0n) is 10.3. The van der Waals surface area contributed by atoms with Gasteiger partial charge < -0.3 is 5.11 Å². The Morgan fingerprint density at radius 2 is 2.28 bits per heavy atom. The summed E-state index contributed by atoms with van der Waals surface area (Å²) < 4.78 is 1.66. The molecule has 0 aliphatic rings. The fraction of sp³-hybridized carbons (Fsp3) is 0.333. The number of aryl methyl sites for hydroxylation is 2. The second-order valence-electron chi connectivity index (χ2n) is 3.98. The van der Waals surface area contributed by atoms with Crippen LogP contribution in [0.15, 0.2) is 18.5 Å². The average molecular weight is 246 g/mol. The van der Waals surface area contributed by atoms with Crippen molar-refractivity contribution in [3.8, 4) is 11.5 Å². The minimum absolute atomic E-state index is 0.163. The smallest absolute Gasteiger partial charge is 0.339 e. The first-order chi connectivity index (χ1) is 8.61. The SMILES string of the molecule is CCCc1nc(-c2ccn(C)n2)ncc1C(=O)O. The summed E-state index contributed by atoms with van der Waals surface area (Å²) in [6.07, 6.45) is 4.59. The summed E-state index contributed by atoms with van der Waals surface area (Å²) in [5.41, 5.74) is 1.36. The Morgan fingerprint density at radius 3 is 2.83 bits per heavy atom. The molecule has 1 N–H and O–H groups in total. The third-order valence-electron chi connectivity index (χ3n) is 2.53. The highest BCUT2D eigenvalue weighted by Crippen LogP contribution is 2.15. The van der Waals surface area contributed by atoms with Crippen molar-refractivity contribution >= 4 is 5.97 Å². The molecule has 0 unspecified atom stereocenters. The molecule has 2 aromatic heterocycles. The Bertz CT molecular complexity index is 577. The molecule has 0 aliphatic carbocycles. The number of hydrogen-bond acceptors (Lipinski definition) is 4. The van der Waals surface area contributed by atoms with Crippen molar-refractivity contribution < 1.29 is 9.90 Å². The summed E-state index contributed by atoms with van der Waals surface area (Å²) in [6.45, 7) is 1.98. The van der Waals surface area contributed by atoms with Crippen LogP contribution in [-0.2, 0) is 13.5 Å². The van der Waals surface area contributed by atoms with Crippen molar-refractivity contribution in [3.05, 3.63) is 29.7 Å². The van der Waals surface area contributed by atoms with E-state index in [1.165, 1.54) is 6.20 Å². The molecule has 2 rings (SSSR count). The number of rotatable bonds is 4. The van der Waals surface area contributed by atoms with Crippen LogP contribution in [-0.4, -0.2) is 30.8 Å². The predicted octanol–water partition coefficient (Wildman–Crippen LogP) is 1.53. The number of aromatic nitrogens is 4. The van der Waals surface area contributed by atoms with Gasteiger partial charge in [-0.05, 0) is 12.5 Å². The van der Waals surface area contributed by atoms with E-state index in [1.54, 1.807) is 16.9 Å². The molecule has 0 amide bonds. The molecule has 0 spiro atoms.